The van der Waals surface area contributed by atoms with Gasteiger partial charge in [-0.05, 0) is 32.0 Å². The number of aromatic nitrogens is 2. The van der Waals surface area contributed by atoms with Gasteiger partial charge in [-0.1, -0.05) is 12.1 Å². The number of carbonyl (C=O) groups is 1. The number of ether oxygens (including phenoxy) is 1. The van der Waals surface area contributed by atoms with Crippen LogP contribution in [0.2, 0.25) is 0 Å². The van der Waals surface area contributed by atoms with E-state index in [1.54, 1.807) is 36.5 Å². The zero-order valence-electron chi connectivity index (χ0n) is 14.3. The van der Waals surface area contributed by atoms with Crippen LogP contribution in [0, 0.1) is 0 Å². The van der Waals surface area contributed by atoms with E-state index < -0.39 is 0 Å². The molecule has 0 spiro atoms. The highest BCUT2D eigenvalue weighted by atomic mass is 16.5. The highest BCUT2D eigenvalue weighted by Crippen LogP contribution is 2.29. The average Bonchev–Trinajstić information content (AvgIpc) is 2.60. The van der Waals surface area contributed by atoms with Crippen LogP contribution >= 0.6 is 0 Å². The van der Waals surface area contributed by atoms with Gasteiger partial charge in [-0.15, -0.1) is 0 Å². The molecule has 6 nitrogen and oxygen atoms in total. The number of anilines is 1. The van der Waals surface area contributed by atoms with E-state index in [2.05, 4.69) is 15.3 Å². The zero-order valence-corrected chi connectivity index (χ0v) is 14.3. The number of ketones is 1. The van der Waals surface area contributed by atoms with Gasteiger partial charge in [-0.2, -0.15) is 0 Å². The van der Waals surface area contributed by atoms with Crippen molar-refractivity contribution in [2.45, 2.75) is 19.9 Å². The van der Waals surface area contributed by atoms with Gasteiger partial charge >= 0.3 is 0 Å². The lowest BCUT2D eigenvalue weighted by Crippen LogP contribution is -2.12. The summed E-state index contributed by atoms with van der Waals surface area (Å²) in [6, 6.07) is 10.2. The van der Waals surface area contributed by atoms with Crippen LogP contribution in [0.1, 0.15) is 29.8 Å². The minimum Gasteiger partial charge on any atom is -0.507 e. The van der Waals surface area contributed by atoms with Crippen molar-refractivity contribution < 1.29 is 14.6 Å². The highest BCUT2D eigenvalue weighted by molar-refractivity contribution is 6.13. The number of phenols is 1. The summed E-state index contributed by atoms with van der Waals surface area (Å²) >= 11 is 0. The Morgan fingerprint density at radius 2 is 1.96 bits per heavy atom. The Labute approximate surface area is 145 Å². The monoisotopic (exact) mass is 337 g/mol. The Balaban J connectivity index is 2.05. The molecule has 0 fully saturated rings. The van der Waals surface area contributed by atoms with Gasteiger partial charge in [0.25, 0.3) is 0 Å². The maximum atomic E-state index is 12.8. The lowest BCUT2D eigenvalue weighted by Gasteiger charge is -2.11. The van der Waals surface area contributed by atoms with Crippen molar-refractivity contribution in [2.75, 3.05) is 12.4 Å². The van der Waals surface area contributed by atoms with Crippen molar-refractivity contribution in [3.63, 3.8) is 0 Å². The molecule has 1 heterocycles. The predicted octanol–water partition coefficient (Wildman–Crippen LogP) is 3.40. The van der Waals surface area contributed by atoms with Crippen LogP contribution in [-0.4, -0.2) is 34.0 Å². The van der Waals surface area contributed by atoms with Gasteiger partial charge in [0, 0.05) is 23.7 Å². The molecular weight excluding hydrogens is 318 g/mol. The first-order valence-electron chi connectivity index (χ1n) is 7.93. The van der Waals surface area contributed by atoms with Gasteiger partial charge in [0.2, 0.25) is 5.95 Å². The molecule has 0 radical (unpaired) electrons. The lowest BCUT2D eigenvalue weighted by atomic mass is 10.00. The maximum Gasteiger partial charge on any atom is 0.223 e. The SMILES string of the molecule is COc1ccccc1C(=O)c1cc2cnc(NC(C)C)nc2cc1O. The number of fused-ring (bicyclic) bond motifs is 1. The second kappa shape index (κ2) is 6.76. The summed E-state index contributed by atoms with van der Waals surface area (Å²) in [4.78, 5) is 21.4. The molecule has 25 heavy (non-hydrogen) atoms. The van der Waals surface area contributed by atoms with E-state index >= 15 is 0 Å². The fourth-order valence-electron chi connectivity index (χ4n) is 2.55. The van der Waals surface area contributed by atoms with E-state index in [1.165, 1.54) is 13.2 Å². The van der Waals surface area contributed by atoms with Crippen molar-refractivity contribution in [3.8, 4) is 11.5 Å². The number of para-hydroxylation sites is 1. The molecular formula is C19H19N3O3. The summed E-state index contributed by atoms with van der Waals surface area (Å²) in [5, 5.41) is 14.1. The largest absolute Gasteiger partial charge is 0.507 e. The number of nitrogens with zero attached hydrogens (tertiary/aromatic N) is 2. The van der Waals surface area contributed by atoms with Gasteiger partial charge < -0.3 is 15.2 Å². The topological polar surface area (TPSA) is 84.3 Å². The summed E-state index contributed by atoms with van der Waals surface area (Å²) < 4.78 is 5.23. The number of carbonyl (C=O) groups excluding carboxylic acids is 1. The van der Waals surface area contributed by atoms with Crippen LogP contribution in [0.4, 0.5) is 5.95 Å². The number of aromatic hydroxyl groups is 1. The van der Waals surface area contributed by atoms with Crippen LogP contribution < -0.4 is 10.1 Å². The predicted molar refractivity (Wildman–Crippen MR) is 96.4 cm³/mol. The molecule has 0 amide bonds. The third-order valence-electron chi connectivity index (χ3n) is 3.71. The average molecular weight is 337 g/mol. The van der Waals surface area contributed by atoms with Gasteiger partial charge in [0.05, 0.1) is 23.8 Å². The minimum atomic E-state index is -0.318. The first-order chi connectivity index (χ1) is 12.0. The highest BCUT2D eigenvalue weighted by Gasteiger charge is 2.18. The summed E-state index contributed by atoms with van der Waals surface area (Å²) in [5.41, 5.74) is 1.14. The molecule has 128 valence electrons. The van der Waals surface area contributed by atoms with Gasteiger partial charge in [-0.25, -0.2) is 9.97 Å². The Hall–Kier alpha value is -3.15. The Morgan fingerprint density at radius 3 is 2.68 bits per heavy atom. The number of methoxy groups -OCH3 is 1. The Morgan fingerprint density at radius 1 is 1.20 bits per heavy atom. The number of hydrogen-bond donors (Lipinski definition) is 2. The number of phenolic OH excluding ortho intramolecular Hbond substituents is 1. The quantitative estimate of drug-likeness (QED) is 0.694. The van der Waals surface area contributed by atoms with E-state index in [0.29, 0.717) is 28.2 Å². The number of nitrogens with one attached hydrogen (secondary N) is 1. The summed E-state index contributed by atoms with van der Waals surface area (Å²) in [6.07, 6.45) is 1.63. The lowest BCUT2D eigenvalue weighted by molar-refractivity contribution is 0.103. The molecule has 0 unspecified atom stereocenters. The molecule has 6 heteroatoms. The summed E-state index contributed by atoms with van der Waals surface area (Å²) in [6.45, 7) is 3.97. The van der Waals surface area contributed by atoms with Crippen molar-refractivity contribution >= 4 is 22.6 Å². The molecule has 3 aromatic rings. The second-order valence-corrected chi connectivity index (χ2v) is 5.95. The van der Waals surface area contributed by atoms with Crippen molar-refractivity contribution in [3.05, 3.63) is 53.7 Å². The van der Waals surface area contributed by atoms with E-state index in [-0.39, 0.29) is 23.1 Å². The summed E-state index contributed by atoms with van der Waals surface area (Å²) in [7, 11) is 1.50. The molecule has 1 aromatic heterocycles. The van der Waals surface area contributed by atoms with E-state index in [4.69, 9.17) is 4.74 Å². The smallest absolute Gasteiger partial charge is 0.223 e. The minimum absolute atomic E-state index is 0.127. The van der Waals surface area contributed by atoms with Crippen LogP contribution in [-0.2, 0) is 0 Å². The Kier molecular flexibility index (Phi) is 4.52. The summed E-state index contributed by atoms with van der Waals surface area (Å²) in [5.74, 6) is 0.490. The van der Waals surface area contributed by atoms with Gasteiger partial charge in [0.15, 0.2) is 5.78 Å². The van der Waals surface area contributed by atoms with Crippen LogP contribution in [0.25, 0.3) is 10.9 Å². The molecule has 2 aromatic carbocycles. The second-order valence-electron chi connectivity index (χ2n) is 5.95. The van der Waals surface area contributed by atoms with Crippen LogP contribution in [0.3, 0.4) is 0 Å². The molecule has 0 atom stereocenters. The molecule has 3 rings (SSSR count). The molecule has 0 aliphatic rings. The molecule has 0 aliphatic carbocycles. The van der Waals surface area contributed by atoms with Crippen LogP contribution in [0.15, 0.2) is 42.6 Å². The van der Waals surface area contributed by atoms with Crippen molar-refractivity contribution in [1.29, 1.82) is 0 Å². The molecule has 0 bridgehead atoms. The molecule has 2 N–H and O–H groups in total. The maximum absolute atomic E-state index is 12.8. The van der Waals surface area contributed by atoms with Crippen molar-refractivity contribution in [2.24, 2.45) is 0 Å². The number of hydrogen-bond acceptors (Lipinski definition) is 6. The molecule has 0 saturated heterocycles. The molecule has 0 saturated carbocycles. The molecule has 0 aliphatic heterocycles. The van der Waals surface area contributed by atoms with E-state index in [1.807, 2.05) is 13.8 Å². The fraction of sp³-hybridized carbons (Fsp3) is 0.211. The standard InChI is InChI=1S/C19H19N3O3/c1-11(2)21-19-20-10-12-8-14(16(23)9-15(12)22-19)18(24)13-6-4-5-7-17(13)25-3/h4-11,23H,1-3H3,(H,20,21,22). The van der Waals surface area contributed by atoms with Crippen LogP contribution in [0.5, 0.6) is 11.5 Å². The number of benzene rings is 2. The Bertz CT molecular complexity index is 938. The first-order valence-corrected chi connectivity index (χ1v) is 7.93. The van der Waals surface area contributed by atoms with E-state index in [0.717, 1.165) is 0 Å². The normalized spacial score (nSPS) is 10.9. The fourth-order valence-corrected chi connectivity index (χ4v) is 2.55. The van der Waals surface area contributed by atoms with Crippen molar-refractivity contribution in [1.82, 2.24) is 9.97 Å². The van der Waals surface area contributed by atoms with Gasteiger partial charge in [0.1, 0.15) is 11.5 Å². The van der Waals surface area contributed by atoms with E-state index in [9.17, 15) is 9.90 Å². The third-order valence-corrected chi connectivity index (χ3v) is 3.71. The third kappa shape index (κ3) is 3.38. The van der Waals surface area contributed by atoms with Gasteiger partial charge in [-0.3, -0.25) is 4.79 Å². The first kappa shape index (κ1) is 16.7. The number of rotatable bonds is 5. The zero-order chi connectivity index (χ0) is 18.0.